The smallest absolute Gasteiger partial charge is 0.338 e. The Morgan fingerprint density at radius 1 is 1.30 bits per heavy atom. The summed E-state index contributed by atoms with van der Waals surface area (Å²) in [6.45, 7) is 8.17. The molecule has 0 spiro atoms. The van der Waals surface area contributed by atoms with Crippen LogP contribution in [-0.4, -0.2) is 40.1 Å². The van der Waals surface area contributed by atoms with Gasteiger partial charge in [-0.05, 0) is 56.9 Å². The van der Waals surface area contributed by atoms with E-state index in [4.69, 9.17) is 9.47 Å². The summed E-state index contributed by atoms with van der Waals surface area (Å²) in [6.07, 6.45) is 3.20. The molecule has 1 aliphatic carbocycles. The lowest BCUT2D eigenvalue weighted by molar-refractivity contribution is -0.0419. The minimum absolute atomic E-state index is 0.102. The molecule has 1 aromatic carbocycles. The molecule has 0 aromatic heterocycles. The first-order valence-corrected chi connectivity index (χ1v) is 9.73. The van der Waals surface area contributed by atoms with Crippen molar-refractivity contribution < 1.29 is 24.5 Å². The molecule has 1 fully saturated rings. The van der Waals surface area contributed by atoms with Gasteiger partial charge in [-0.15, -0.1) is 0 Å². The van der Waals surface area contributed by atoms with Gasteiger partial charge >= 0.3 is 5.97 Å². The van der Waals surface area contributed by atoms with E-state index in [1.165, 1.54) is 12.1 Å². The molecule has 2 N–H and O–H groups in total. The molecule has 1 heterocycles. The zero-order valence-electron chi connectivity index (χ0n) is 16.5. The van der Waals surface area contributed by atoms with Crippen LogP contribution in [0.2, 0.25) is 0 Å². The SMILES string of the molecule is CC1=CCC[C@@]2(C)O[C@@H]2[C@H](O)[C@@H](C(C)C)[C@H](OC(=O)c2ccc(O)cc2)C1. The van der Waals surface area contributed by atoms with E-state index >= 15 is 0 Å². The van der Waals surface area contributed by atoms with Crippen LogP contribution in [0.3, 0.4) is 0 Å². The third kappa shape index (κ3) is 4.36. The van der Waals surface area contributed by atoms with Crippen molar-refractivity contribution >= 4 is 5.97 Å². The van der Waals surface area contributed by atoms with E-state index in [2.05, 4.69) is 6.08 Å². The molecule has 1 saturated heterocycles. The molecular weight excluding hydrogens is 344 g/mol. The number of aromatic hydroxyl groups is 1. The van der Waals surface area contributed by atoms with Crippen molar-refractivity contribution in [1.29, 1.82) is 0 Å². The third-order valence-corrected chi connectivity index (χ3v) is 5.86. The highest BCUT2D eigenvalue weighted by molar-refractivity contribution is 5.89. The van der Waals surface area contributed by atoms with Gasteiger partial charge in [0.25, 0.3) is 0 Å². The Balaban J connectivity index is 1.86. The molecule has 0 unspecified atom stereocenters. The average Bonchev–Trinajstić information content (AvgIpc) is 3.26. The summed E-state index contributed by atoms with van der Waals surface area (Å²) >= 11 is 0. The Morgan fingerprint density at radius 2 is 1.96 bits per heavy atom. The molecule has 0 bridgehead atoms. The minimum Gasteiger partial charge on any atom is -0.508 e. The number of aliphatic hydroxyl groups is 1. The molecule has 27 heavy (non-hydrogen) atoms. The van der Waals surface area contributed by atoms with Gasteiger partial charge < -0.3 is 19.7 Å². The number of rotatable bonds is 3. The number of hydrogen-bond donors (Lipinski definition) is 2. The summed E-state index contributed by atoms with van der Waals surface area (Å²) in [4.78, 5) is 12.7. The van der Waals surface area contributed by atoms with Gasteiger partial charge in [-0.1, -0.05) is 25.5 Å². The Hall–Kier alpha value is -1.85. The maximum atomic E-state index is 12.7. The standard InChI is InChI=1S/C22H30O5/c1-13(2)18-17(26-21(25)15-7-9-16(23)10-8-15)12-14(3)6-5-11-22(4)20(27-22)19(18)24/h6-10,13,17-20,23-24H,5,11-12H2,1-4H3/t17-,18+,19-,20-,22-/m1/s1. The number of ether oxygens (including phenoxy) is 2. The number of fused-ring (bicyclic) bond motifs is 1. The highest BCUT2D eigenvalue weighted by Crippen LogP contribution is 2.47. The van der Waals surface area contributed by atoms with Gasteiger partial charge in [0.1, 0.15) is 18.0 Å². The topological polar surface area (TPSA) is 79.3 Å². The Morgan fingerprint density at radius 3 is 2.59 bits per heavy atom. The van der Waals surface area contributed by atoms with Crippen LogP contribution in [0.4, 0.5) is 0 Å². The highest BCUT2D eigenvalue weighted by Gasteiger charge is 2.58. The van der Waals surface area contributed by atoms with Crippen LogP contribution in [0.25, 0.3) is 0 Å². The number of benzene rings is 1. The van der Waals surface area contributed by atoms with Crippen molar-refractivity contribution in [3.63, 3.8) is 0 Å². The fraction of sp³-hybridized carbons (Fsp3) is 0.591. The Labute approximate surface area is 161 Å². The lowest BCUT2D eigenvalue weighted by Gasteiger charge is -2.34. The minimum atomic E-state index is -0.682. The summed E-state index contributed by atoms with van der Waals surface area (Å²) in [6, 6.07) is 6.02. The number of aliphatic hydroxyl groups excluding tert-OH is 1. The third-order valence-electron chi connectivity index (χ3n) is 5.86. The average molecular weight is 374 g/mol. The normalized spacial score (nSPS) is 33.8. The molecule has 148 valence electrons. The quantitative estimate of drug-likeness (QED) is 0.477. The van der Waals surface area contributed by atoms with Crippen LogP contribution in [0.15, 0.2) is 35.9 Å². The molecule has 5 nitrogen and oxygen atoms in total. The predicted molar refractivity (Wildman–Crippen MR) is 103 cm³/mol. The first kappa shape index (κ1) is 19.9. The molecule has 2 aliphatic rings. The first-order valence-electron chi connectivity index (χ1n) is 9.73. The van der Waals surface area contributed by atoms with Gasteiger partial charge in [0.05, 0.1) is 17.3 Å². The predicted octanol–water partition coefficient (Wildman–Crippen LogP) is 3.84. The largest absolute Gasteiger partial charge is 0.508 e. The number of allylic oxidation sites excluding steroid dienone is 1. The Bertz CT molecular complexity index is 708. The summed E-state index contributed by atoms with van der Waals surface area (Å²) in [5, 5.41) is 20.5. The second kappa shape index (κ2) is 7.64. The van der Waals surface area contributed by atoms with E-state index in [0.717, 1.165) is 18.4 Å². The van der Waals surface area contributed by atoms with Gasteiger partial charge in [-0.2, -0.15) is 0 Å². The van der Waals surface area contributed by atoms with Crippen molar-refractivity contribution in [2.75, 3.05) is 0 Å². The van der Waals surface area contributed by atoms with E-state index in [-0.39, 0.29) is 29.3 Å². The highest BCUT2D eigenvalue weighted by atomic mass is 16.6. The zero-order chi connectivity index (χ0) is 19.8. The molecule has 5 heteroatoms. The van der Waals surface area contributed by atoms with Crippen LogP contribution in [-0.2, 0) is 9.47 Å². The van der Waals surface area contributed by atoms with Gasteiger partial charge in [-0.25, -0.2) is 4.79 Å². The van der Waals surface area contributed by atoms with Crippen molar-refractivity contribution in [2.45, 2.75) is 70.9 Å². The molecule has 1 aromatic rings. The number of carbonyl (C=O) groups is 1. The fourth-order valence-electron chi connectivity index (χ4n) is 4.20. The van der Waals surface area contributed by atoms with Crippen LogP contribution >= 0.6 is 0 Å². The van der Waals surface area contributed by atoms with E-state index in [1.54, 1.807) is 12.1 Å². The van der Waals surface area contributed by atoms with Crippen LogP contribution in [0.1, 0.15) is 57.3 Å². The fourth-order valence-corrected chi connectivity index (χ4v) is 4.20. The molecule has 0 saturated carbocycles. The van der Waals surface area contributed by atoms with Crippen molar-refractivity contribution in [1.82, 2.24) is 0 Å². The molecule has 5 atom stereocenters. The van der Waals surface area contributed by atoms with E-state index in [0.29, 0.717) is 12.0 Å². The lowest BCUT2D eigenvalue weighted by atomic mass is 9.78. The van der Waals surface area contributed by atoms with Gasteiger partial charge in [-0.3, -0.25) is 0 Å². The van der Waals surface area contributed by atoms with Crippen molar-refractivity contribution in [2.24, 2.45) is 11.8 Å². The van der Waals surface area contributed by atoms with E-state index in [9.17, 15) is 15.0 Å². The summed E-state index contributed by atoms with van der Waals surface area (Å²) in [7, 11) is 0. The summed E-state index contributed by atoms with van der Waals surface area (Å²) < 4.78 is 11.8. The number of hydrogen-bond acceptors (Lipinski definition) is 5. The number of esters is 1. The molecule has 0 radical (unpaired) electrons. The van der Waals surface area contributed by atoms with Gasteiger partial charge in [0.15, 0.2) is 0 Å². The Kier molecular flexibility index (Phi) is 5.63. The molecule has 3 rings (SSSR count). The van der Waals surface area contributed by atoms with Gasteiger partial charge in [0.2, 0.25) is 0 Å². The van der Waals surface area contributed by atoms with Gasteiger partial charge in [0, 0.05) is 12.3 Å². The van der Waals surface area contributed by atoms with E-state index < -0.39 is 18.2 Å². The molecule has 0 amide bonds. The molecule has 1 aliphatic heterocycles. The van der Waals surface area contributed by atoms with Crippen LogP contribution in [0, 0.1) is 11.8 Å². The first-order chi connectivity index (χ1) is 12.7. The van der Waals surface area contributed by atoms with Crippen LogP contribution in [0.5, 0.6) is 5.75 Å². The monoisotopic (exact) mass is 374 g/mol. The number of phenols is 1. The number of carbonyl (C=O) groups excluding carboxylic acids is 1. The van der Waals surface area contributed by atoms with Crippen LogP contribution < -0.4 is 0 Å². The summed E-state index contributed by atoms with van der Waals surface area (Å²) in [5.74, 6) is -0.440. The zero-order valence-corrected chi connectivity index (χ0v) is 16.5. The molecular formula is C22H30O5. The second-order valence-electron chi connectivity index (χ2n) is 8.45. The second-order valence-corrected chi connectivity index (χ2v) is 8.45. The maximum Gasteiger partial charge on any atom is 0.338 e. The van der Waals surface area contributed by atoms with Crippen molar-refractivity contribution in [3.05, 3.63) is 41.5 Å². The van der Waals surface area contributed by atoms with E-state index in [1.807, 2.05) is 27.7 Å². The van der Waals surface area contributed by atoms with Crippen molar-refractivity contribution in [3.8, 4) is 5.75 Å². The maximum absolute atomic E-state index is 12.7. The summed E-state index contributed by atoms with van der Waals surface area (Å²) in [5.41, 5.74) is 1.24. The lowest BCUT2D eigenvalue weighted by Crippen LogP contribution is -2.43. The number of epoxide rings is 1. The number of phenolic OH excluding ortho intramolecular Hbond substituents is 1.